The van der Waals surface area contributed by atoms with Gasteiger partial charge in [0.1, 0.15) is 17.5 Å². The maximum absolute atomic E-state index is 13.2. The number of thioether (sulfide) groups is 1. The van der Waals surface area contributed by atoms with Crippen LogP contribution in [0.4, 0.5) is 5.69 Å². The summed E-state index contributed by atoms with van der Waals surface area (Å²) in [6.45, 7) is -0.973. The first-order valence-electron chi connectivity index (χ1n) is 10.9. The highest BCUT2D eigenvalue weighted by molar-refractivity contribution is 8.00. The van der Waals surface area contributed by atoms with E-state index in [9.17, 15) is 29.1 Å². The number of aromatic amines is 1. The van der Waals surface area contributed by atoms with Crippen LogP contribution < -0.4 is 14.9 Å². The number of aliphatic carboxylic acids is 1. The van der Waals surface area contributed by atoms with Crippen LogP contribution in [0, 0.1) is 5.92 Å². The maximum atomic E-state index is 13.2. The van der Waals surface area contributed by atoms with Gasteiger partial charge in [-0.25, -0.2) is 0 Å². The lowest BCUT2D eigenvalue weighted by molar-refractivity contribution is -0.149. The Labute approximate surface area is 212 Å². The Kier molecular flexibility index (Phi) is 6.37. The van der Waals surface area contributed by atoms with Crippen LogP contribution in [0.2, 0.25) is 0 Å². The molecular weight excluding hydrogens is 506 g/mol. The van der Waals surface area contributed by atoms with Crippen LogP contribution in [-0.2, 0) is 19.2 Å². The normalized spacial score (nSPS) is 20.6. The van der Waals surface area contributed by atoms with Crippen molar-refractivity contribution in [2.24, 2.45) is 5.92 Å². The average molecular weight is 526 g/mol. The van der Waals surface area contributed by atoms with E-state index in [2.05, 4.69) is 10.3 Å². The first-order chi connectivity index (χ1) is 17.3. The minimum atomic E-state index is -1.29. The molecule has 0 bridgehead atoms. The van der Waals surface area contributed by atoms with Gasteiger partial charge in [-0.2, -0.15) is 0 Å². The van der Waals surface area contributed by atoms with E-state index in [1.807, 2.05) is 6.07 Å². The molecule has 3 atom stereocenters. The number of H-pyrrole nitrogens is 1. The highest BCUT2D eigenvalue weighted by atomic mass is 32.2. The molecule has 3 heterocycles. The van der Waals surface area contributed by atoms with Crippen LogP contribution in [0.15, 0.2) is 64.4 Å². The Hall–Kier alpha value is -3.90. The number of nitrogens with one attached hydrogen (secondary N) is 2. The van der Waals surface area contributed by atoms with Crippen molar-refractivity contribution in [2.45, 2.75) is 16.2 Å². The van der Waals surface area contributed by atoms with Gasteiger partial charge in [0.15, 0.2) is 6.61 Å². The number of imide groups is 1. The number of thiazole rings is 1. The molecule has 184 valence electrons. The van der Waals surface area contributed by atoms with Crippen molar-refractivity contribution in [1.82, 2.24) is 9.88 Å². The summed E-state index contributed by atoms with van der Waals surface area (Å²) >= 11 is 2.03. The first-order valence-corrected chi connectivity index (χ1v) is 12.6. The second kappa shape index (κ2) is 9.63. The van der Waals surface area contributed by atoms with Gasteiger partial charge in [-0.1, -0.05) is 53.4 Å². The van der Waals surface area contributed by atoms with E-state index in [4.69, 9.17) is 4.74 Å². The third-order valence-electron chi connectivity index (χ3n) is 5.85. The van der Waals surface area contributed by atoms with E-state index >= 15 is 0 Å². The van der Waals surface area contributed by atoms with Crippen LogP contribution in [0.5, 0.6) is 5.75 Å². The molecule has 0 saturated carbocycles. The van der Waals surface area contributed by atoms with Crippen molar-refractivity contribution in [3.05, 3.63) is 74.7 Å². The number of fused-ring (bicyclic) bond motifs is 2. The topological polar surface area (TPSA) is 146 Å². The number of hydrogen-bond acceptors (Lipinski definition) is 8. The van der Waals surface area contributed by atoms with Crippen molar-refractivity contribution < 1.29 is 29.0 Å². The monoisotopic (exact) mass is 525 g/mol. The Balaban J connectivity index is 1.42. The number of carboxylic acid groups (broad SMARTS) is 1. The molecule has 0 spiro atoms. The van der Waals surface area contributed by atoms with Crippen LogP contribution in [-0.4, -0.2) is 57.1 Å². The lowest BCUT2D eigenvalue weighted by Crippen LogP contribution is -2.36. The molecular formula is C24H19N3O7S2. The number of carbonyl (C=O) groups is 4. The predicted molar refractivity (Wildman–Crippen MR) is 131 cm³/mol. The molecule has 1 aromatic heterocycles. The molecule has 12 heteroatoms. The zero-order valence-electron chi connectivity index (χ0n) is 18.5. The molecule has 5 rings (SSSR count). The summed E-state index contributed by atoms with van der Waals surface area (Å²) in [5, 5.41) is 11.5. The molecule has 1 fully saturated rings. The standard InChI is InChI=1S/C24H19N3O7S2/c28-15(25-13-6-2-1-3-7-13)11-34-14-8-4-5-12(9-14)17-18-20(35-21-19(17)36-24(33)26-21)23(32)27(22(18)31)10-16(29)30/h1-9,17-18,20H,10-11H2,(H,25,28)(H,26,33)(H,29,30)/t17-,18?,20?/m1/s1. The van der Waals surface area contributed by atoms with E-state index in [0.717, 1.165) is 28.0 Å². The lowest BCUT2D eigenvalue weighted by atomic mass is 9.83. The third kappa shape index (κ3) is 4.52. The summed E-state index contributed by atoms with van der Waals surface area (Å²) in [7, 11) is 0. The number of hydrogen-bond donors (Lipinski definition) is 3. The highest BCUT2D eigenvalue weighted by Crippen LogP contribution is 2.52. The number of nitrogens with zero attached hydrogens (tertiary/aromatic N) is 1. The first kappa shape index (κ1) is 23.8. The van der Waals surface area contributed by atoms with Gasteiger partial charge in [0.25, 0.3) is 5.91 Å². The average Bonchev–Trinajstić information content (AvgIpc) is 3.34. The third-order valence-corrected chi connectivity index (χ3v) is 8.25. The fourth-order valence-corrected chi connectivity index (χ4v) is 6.93. The molecule has 0 radical (unpaired) electrons. The minimum absolute atomic E-state index is 0.253. The van der Waals surface area contributed by atoms with E-state index in [1.54, 1.807) is 48.5 Å². The number of anilines is 1. The molecule has 10 nitrogen and oxygen atoms in total. The second-order valence-corrected chi connectivity index (χ2v) is 10.3. The van der Waals surface area contributed by atoms with E-state index in [1.165, 1.54) is 0 Å². The number of ether oxygens (including phenoxy) is 1. The molecule has 36 heavy (non-hydrogen) atoms. The number of para-hydroxylation sites is 1. The molecule has 3 amide bonds. The molecule has 3 aromatic rings. The zero-order chi connectivity index (χ0) is 25.4. The summed E-state index contributed by atoms with van der Waals surface area (Å²) < 4.78 is 5.67. The molecule has 2 unspecified atom stereocenters. The number of benzene rings is 2. The molecule has 2 aromatic carbocycles. The number of carboxylic acids is 1. The summed E-state index contributed by atoms with van der Waals surface area (Å²) in [6.07, 6.45) is 0. The quantitative estimate of drug-likeness (QED) is 0.398. The Morgan fingerprint density at radius 1 is 1.06 bits per heavy atom. The van der Waals surface area contributed by atoms with E-state index in [-0.39, 0.29) is 17.4 Å². The lowest BCUT2D eigenvalue weighted by Gasteiger charge is -2.30. The SMILES string of the molecule is O=C(O)CN1C(=O)C2Sc3[nH]c(=O)sc3[C@H](c3cccc(OCC(=O)Nc4ccccc4)c3)C2C1=O. The van der Waals surface area contributed by atoms with Gasteiger partial charge in [-0.15, -0.1) is 0 Å². The molecule has 1 saturated heterocycles. The number of carbonyl (C=O) groups excluding carboxylic acids is 3. The fraction of sp³-hybridized carbons (Fsp3) is 0.208. The van der Waals surface area contributed by atoms with Crippen molar-refractivity contribution in [2.75, 3.05) is 18.5 Å². The number of aromatic nitrogens is 1. The van der Waals surface area contributed by atoms with Crippen molar-refractivity contribution in [1.29, 1.82) is 0 Å². The Morgan fingerprint density at radius 3 is 2.58 bits per heavy atom. The predicted octanol–water partition coefficient (Wildman–Crippen LogP) is 2.13. The van der Waals surface area contributed by atoms with E-state index < -0.39 is 41.4 Å². The van der Waals surface area contributed by atoms with Gasteiger partial charge >= 0.3 is 10.8 Å². The largest absolute Gasteiger partial charge is 0.484 e. The Bertz CT molecular complexity index is 1420. The molecule has 0 aliphatic carbocycles. The van der Waals surface area contributed by atoms with Crippen LogP contribution in [0.25, 0.3) is 0 Å². The second-order valence-electron chi connectivity index (χ2n) is 8.18. The van der Waals surface area contributed by atoms with Crippen LogP contribution in [0.3, 0.4) is 0 Å². The number of amides is 3. The summed E-state index contributed by atoms with van der Waals surface area (Å²) in [6, 6.07) is 15.7. The van der Waals surface area contributed by atoms with Gasteiger partial charge in [-0.05, 0) is 29.8 Å². The van der Waals surface area contributed by atoms with Gasteiger partial charge < -0.3 is 20.1 Å². The smallest absolute Gasteiger partial charge is 0.323 e. The Morgan fingerprint density at radius 2 is 1.83 bits per heavy atom. The summed E-state index contributed by atoms with van der Waals surface area (Å²) in [5.41, 5.74) is 1.25. The van der Waals surface area contributed by atoms with E-state index in [0.29, 0.717) is 26.9 Å². The minimum Gasteiger partial charge on any atom is -0.484 e. The molecule has 3 N–H and O–H groups in total. The number of likely N-dealkylation sites (tertiary alicyclic amines) is 1. The fourth-order valence-electron chi connectivity index (χ4n) is 4.39. The van der Waals surface area contributed by atoms with Gasteiger partial charge in [0.05, 0.1) is 10.9 Å². The van der Waals surface area contributed by atoms with Crippen LogP contribution in [0.1, 0.15) is 16.4 Å². The van der Waals surface area contributed by atoms with Crippen molar-refractivity contribution >= 4 is 52.5 Å². The zero-order valence-corrected chi connectivity index (χ0v) is 20.1. The molecule has 2 aliphatic heterocycles. The number of rotatable bonds is 7. The van der Waals surface area contributed by atoms with Gasteiger partial charge in [-0.3, -0.25) is 28.9 Å². The summed E-state index contributed by atoms with van der Waals surface area (Å²) in [4.78, 5) is 65.6. The van der Waals surface area contributed by atoms with Gasteiger partial charge in [0, 0.05) is 16.5 Å². The maximum Gasteiger partial charge on any atom is 0.323 e. The highest BCUT2D eigenvalue weighted by Gasteiger charge is 2.56. The van der Waals surface area contributed by atoms with Crippen molar-refractivity contribution in [3.8, 4) is 5.75 Å². The summed E-state index contributed by atoms with van der Waals surface area (Å²) in [5.74, 6) is -3.99. The van der Waals surface area contributed by atoms with Crippen LogP contribution >= 0.6 is 23.1 Å². The van der Waals surface area contributed by atoms with Crippen molar-refractivity contribution in [3.63, 3.8) is 0 Å². The molecule has 2 aliphatic rings. The van der Waals surface area contributed by atoms with Gasteiger partial charge in [0.2, 0.25) is 11.8 Å².